The first-order valence-corrected chi connectivity index (χ1v) is 6.22. The summed E-state index contributed by atoms with van der Waals surface area (Å²) >= 11 is 0. The van der Waals surface area contributed by atoms with Crippen molar-refractivity contribution in [1.82, 2.24) is 0 Å². The monoisotopic (exact) mass is 256 g/mol. The van der Waals surface area contributed by atoms with Crippen molar-refractivity contribution in [2.75, 3.05) is 6.61 Å². The third kappa shape index (κ3) is 2.01. The number of ketones is 1. The first kappa shape index (κ1) is 11.9. The molecule has 19 heavy (non-hydrogen) atoms. The average Bonchev–Trinajstić information content (AvgIpc) is 2.42. The van der Waals surface area contributed by atoms with Crippen molar-refractivity contribution in [3.63, 3.8) is 0 Å². The molecule has 1 aliphatic rings. The van der Waals surface area contributed by atoms with Gasteiger partial charge in [-0.2, -0.15) is 0 Å². The molecule has 0 spiro atoms. The van der Waals surface area contributed by atoms with E-state index in [1.807, 2.05) is 6.07 Å². The van der Waals surface area contributed by atoms with Crippen LogP contribution in [-0.4, -0.2) is 12.4 Å². The molecule has 3 heteroatoms. The summed E-state index contributed by atoms with van der Waals surface area (Å²) < 4.78 is 19.6. The molecule has 3 rings (SSSR count). The first-order chi connectivity index (χ1) is 9.16. The van der Waals surface area contributed by atoms with Crippen LogP contribution in [-0.2, 0) is 0 Å². The predicted molar refractivity (Wildman–Crippen MR) is 71.0 cm³/mol. The Labute approximate surface area is 110 Å². The molecule has 0 saturated carbocycles. The molecule has 1 heterocycles. The van der Waals surface area contributed by atoms with Gasteiger partial charge in [0.2, 0.25) is 0 Å². The number of aryl methyl sites for hydroxylation is 1. The number of fused-ring (bicyclic) bond motifs is 1. The quantitative estimate of drug-likeness (QED) is 0.776. The van der Waals surface area contributed by atoms with E-state index in [4.69, 9.17) is 4.74 Å². The van der Waals surface area contributed by atoms with Crippen molar-refractivity contribution in [3.8, 4) is 16.9 Å². The van der Waals surface area contributed by atoms with Gasteiger partial charge in [0, 0.05) is 12.0 Å². The highest BCUT2D eigenvalue weighted by Gasteiger charge is 2.19. The van der Waals surface area contributed by atoms with Crippen molar-refractivity contribution < 1.29 is 13.9 Å². The number of rotatable bonds is 1. The minimum Gasteiger partial charge on any atom is -0.492 e. The second-order valence-electron chi connectivity index (χ2n) is 4.67. The number of Topliss-reactive ketones (excluding diaryl/α,β-unsaturated/α-hetero) is 1. The largest absolute Gasteiger partial charge is 0.492 e. The van der Waals surface area contributed by atoms with Gasteiger partial charge in [0.05, 0.1) is 12.2 Å². The van der Waals surface area contributed by atoms with Gasteiger partial charge in [-0.1, -0.05) is 24.3 Å². The topological polar surface area (TPSA) is 26.3 Å². The molecule has 0 unspecified atom stereocenters. The number of carbonyl (C=O) groups is 1. The third-order valence-corrected chi connectivity index (χ3v) is 3.37. The number of carbonyl (C=O) groups excluding carboxylic acids is 1. The molecule has 2 aromatic carbocycles. The van der Waals surface area contributed by atoms with Gasteiger partial charge in [-0.05, 0) is 30.2 Å². The Balaban J connectivity index is 2.12. The van der Waals surface area contributed by atoms with Crippen LogP contribution in [0.5, 0.6) is 5.75 Å². The molecular weight excluding hydrogens is 243 g/mol. The summed E-state index contributed by atoms with van der Waals surface area (Å²) in [5, 5.41) is 0. The van der Waals surface area contributed by atoms with E-state index in [9.17, 15) is 9.18 Å². The lowest BCUT2D eigenvalue weighted by atomic mass is 9.98. The van der Waals surface area contributed by atoms with Crippen LogP contribution < -0.4 is 4.74 Å². The smallest absolute Gasteiger partial charge is 0.169 e. The first-order valence-electron chi connectivity index (χ1n) is 6.22. The Hall–Kier alpha value is -2.16. The van der Waals surface area contributed by atoms with Gasteiger partial charge < -0.3 is 4.74 Å². The highest BCUT2D eigenvalue weighted by molar-refractivity contribution is 6.00. The predicted octanol–water partition coefficient (Wildman–Crippen LogP) is 3.77. The van der Waals surface area contributed by atoms with Crippen LogP contribution in [0.3, 0.4) is 0 Å². The van der Waals surface area contributed by atoms with Crippen molar-refractivity contribution in [2.24, 2.45) is 0 Å². The fourth-order valence-corrected chi connectivity index (χ4v) is 2.30. The van der Waals surface area contributed by atoms with Gasteiger partial charge in [0.15, 0.2) is 5.78 Å². The number of hydrogen-bond donors (Lipinski definition) is 0. The van der Waals surface area contributed by atoms with E-state index in [-0.39, 0.29) is 11.6 Å². The maximum Gasteiger partial charge on any atom is 0.169 e. The summed E-state index contributed by atoms with van der Waals surface area (Å²) in [7, 11) is 0. The molecule has 0 aromatic heterocycles. The highest BCUT2D eigenvalue weighted by atomic mass is 19.1. The zero-order chi connectivity index (χ0) is 13.4. The maximum absolute atomic E-state index is 14.1. The summed E-state index contributed by atoms with van der Waals surface area (Å²) in [6.07, 6.45) is 0.408. The van der Waals surface area contributed by atoms with Gasteiger partial charge in [0.1, 0.15) is 11.6 Å². The van der Waals surface area contributed by atoms with Crippen LogP contribution in [0.2, 0.25) is 0 Å². The maximum atomic E-state index is 14.1. The standard InChI is InChI=1S/C16H13FO2/c1-10-3-2-4-12(16(10)17)11-5-6-13-14(18)7-8-19-15(13)9-11/h2-6,9H,7-8H2,1H3. The molecule has 96 valence electrons. The zero-order valence-electron chi connectivity index (χ0n) is 10.6. The number of halogens is 1. The molecule has 1 aliphatic heterocycles. The lowest BCUT2D eigenvalue weighted by Crippen LogP contribution is -2.15. The summed E-state index contributed by atoms with van der Waals surface area (Å²) in [5.74, 6) is 0.400. The van der Waals surface area contributed by atoms with Gasteiger partial charge in [-0.15, -0.1) is 0 Å². The second-order valence-corrected chi connectivity index (χ2v) is 4.67. The van der Waals surface area contributed by atoms with Gasteiger partial charge in [-0.3, -0.25) is 4.79 Å². The third-order valence-electron chi connectivity index (χ3n) is 3.37. The molecular formula is C16H13FO2. The van der Waals surface area contributed by atoms with Crippen LogP contribution in [0.25, 0.3) is 11.1 Å². The van der Waals surface area contributed by atoms with Crippen LogP contribution in [0.4, 0.5) is 4.39 Å². The Morgan fingerprint density at radius 3 is 2.84 bits per heavy atom. The lowest BCUT2D eigenvalue weighted by molar-refractivity contribution is 0.0933. The van der Waals surface area contributed by atoms with E-state index in [1.165, 1.54) is 0 Å². The van der Waals surface area contributed by atoms with Crippen molar-refractivity contribution in [2.45, 2.75) is 13.3 Å². The van der Waals surface area contributed by atoms with E-state index in [0.29, 0.717) is 35.5 Å². The Kier molecular flexibility index (Phi) is 2.82. The average molecular weight is 256 g/mol. The molecule has 0 fully saturated rings. The Bertz CT molecular complexity index is 662. The second kappa shape index (κ2) is 4.50. The van der Waals surface area contributed by atoms with Crippen LogP contribution in [0.15, 0.2) is 36.4 Å². The van der Waals surface area contributed by atoms with Crippen molar-refractivity contribution in [3.05, 3.63) is 53.3 Å². The fraction of sp³-hybridized carbons (Fsp3) is 0.188. The molecule has 0 radical (unpaired) electrons. The minimum atomic E-state index is -0.232. The van der Waals surface area contributed by atoms with E-state index in [0.717, 1.165) is 5.56 Å². The number of benzene rings is 2. The molecule has 0 bridgehead atoms. The molecule has 0 amide bonds. The van der Waals surface area contributed by atoms with E-state index >= 15 is 0 Å². The van der Waals surface area contributed by atoms with E-state index in [1.54, 1.807) is 37.3 Å². The van der Waals surface area contributed by atoms with Gasteiger partial charge in [-0.25, -0.2) is 4.39 Å². The highest BCUT2D eigenvalue weighted by Crippen LogP contribution is 2.32. The normalized spacial score (nSPS) is 13.9. The number of hydrogen-bond acceptors (Lipinski definition) is 2. The minimum absolute atomic E-state index is 0.0810. The van der Waals surface area contributed by atoms with Crippen molar-refractivity contribution >= 4 is 5.78 Å². The summed E-state index contributed by atoms with van der Waals surface area (Å²) in [6.45, 7) is 2.13. The van der Waals surface area contributed by atoms with Crippen LogP contribution in [0.1, 0.15) is 22.3 Å². The summed E-state index contributed by atoms with van der Waals surface area (Å²) in [4.78, 5) is 11.7. The SMILES string of the molecule is Cc1cccc(-c2ccc3c(c2)OCCC3=O)c1F. The Morgan fingerprint density at radius 1 is 1.16 bits per heavy atom. The van der Waals surface area contributed by atoms with E-state index in [2.05, 4.69) is 0 Å². The van der Waals surface area contributed by atoms with Crippen LogP contribution >= 0.6 is 0 Å². The summed E-state index contributed by atoms with van der Waals surface area (Å²) in [5.41, 5.74) is 2.45. The number of ether oxygens (including phenoxy) is 1. The molecule has 0 atom stereocenters. The summed E-state index contributed by atoms with van der Waals surface area (Å²) in [6, 6.07) is 10.5. The van der Waals surface area contributed by atoms with Crippen molar-refractivity contribution in [1.29, 1.82) is 0 Å². The molecule has 0 aliphatic carbocycles. The zero-order valence-corrected chi connectivity index (χ0v) is 10.6. The van der Waals surface area contributed by atoms with E-state index < -0.39 is 0 Å². The lowest BCUT2D eigenvalue weighted by Gasteiger charge is -2.17. The van der Waals surface area contributed by atoms with Crippen LogP contribution in [0, 0.1) is 12.7 Å². The fourth-order valence-electron chi connectivity index (χ4n) is 2.30. The molecule has 0 N–H and O–H groups in total. The Morgan fingerprint density at radius 2 is 2.00 bits per heavy atom. The van der Waals surface area contributed by atoms with Gasteiger partial charge in [0.25, 0.3) is 0 Å². The van der Waals surface area contributed by atoms with Gasteiger partial charge >= 0.3 is 0 Å². The molecule has 0 saturated heterocycles. The molecule has 2 nitrogen and oxygen atoms in total. The molecule has 2 aromatic rings.